The number of hydrogen-bond donors (Lipinski definition) is 1. The minimum absolute atomic E-state index is 0.0665. The molecule has 1 aliphatic heterocycles. The maximum Gasteiger partial charge on any atom is 0.336 e. The molecule has 164 valence electrons. The number of amides is 2. The zero-order valence-electron chi connectivity index (χ0n) is 17.4. The summed E-state index contributed by atoms with van der Waals surface area (Å²) in [6.07, 6.45) is 4.79. The number of rotatable bonds is 3. The Kier molecular flexibility index (Phi) is 5.47. The summed E-state index contributed by atoms with van der Waals surface area (Å²) in [6, 6.07) is 14.6. The maximum atomic E-state index is 13.5. The molecule has 2 heterocycles. The summed E-state index contributed by atoms with van der Waals surface area (Å²) in [5.41, 5.74) is 1.14. The van der Waals surface area contributed by atoms with Gasteiger partial charge in [0.15, 0.2) is 0 Å². The number of benzene rings is 2. The van der Waals surface area contributed by atoms with E-state index in [0.717, 1.165) is 25.7 Å². The van der Waals surface area contributed by atoms with E-state index in [1.54, 1.807) is 53.4 Å². The Bertz CT molecular complexity index is 1250. The second-order valence-corrected chi connectivity index (χ2v) is 9.02. The maximum absolute atomic E-state index is 13.5. The fourth-order valence-corrected chi connectivity index (χ4v) is 5.32. The van der Waals surface area contributed by atoms with Crippen LogP contribution in [0.5, 0.6) is 0 Å². The summed E-state index contributed by atoms with van der Waals surface area (Å²) in [5.74, 6) is -0.0256. The van der Waals surface area contributed by atoms with Crippen LogP contribution in [-0.2, 0) is 4.79 Å². The predicted octanol–water partition coefficient (Wildman–Crippen LogP) is 4.86. The van der Waals surface area contributed by atoms with Crippen molar-refractivity contribution in [3.8, 4) is 0 Å². The highest BCUT2D eigenvalue weighted by atomic mass is 35.5. The van der Waals surface area contributed by atoms with Gasteiger partial charge in [0, 0.05) is 33.8 Å². The number of carbonyl (C=O) groups is 2. The Hall–Kier alpha value is -3.12. The van der Waals surface area contributed by atoms with Gasteiger partial charge in [-0.05, 0) is 67.6 Å². The van der Waals surface area contributed by atoms with E-state index < -0.39 is 11.7 Å². The quantitative estimate of drug-likeness (QED) is 0.578. The molecule has 1 saturated heterocycles. The Balaban J connectivity index is 1.43. The van der Waals surface area contributed by atoms with E-state index >= 15 is 0 Å². The van der Waals surface area contributed by atoms with Crippen LogP contribution in [0.3, 0.4) is 0 Å². The van der Waals surface area contributed by atoms with Crippen molar-refractivity contribution in [2.75, 3.05) is 5.32 Å². The van der Waals surface area contributed by atoms with Crippen LogP contribution in [0.2, 0.25) is 5.02 Å². The van der Waals surface area contributed by atoms with Crippen LogP contribution in [0, 0.1) is 5.92 Å². The lowest BCUT2D eigenvalue weighted by Crippen LogP contribution is -2.47. The van der Waals surface area contributed by atoms with Crippen molar-refractivity contribution in [1.29, 1.82) is 0 Å². The first-order valence-electron chi connectivity index (χ1n) is 10.9. The van der Waals surface area contributed by atoms with Gasteiger partial charge in [0.1, 0.15) is 11.6 Å². The van der Waals surface area contributed by atoms with Gasteiger partial charge in [-0.3, -0.25) is 9.59 Å². The molecule has 3 unspecified atom stereocenters. The molecule has 2 amide bonds. The summed E-state index contributed by atoms with van der Waals surface area (Å²) in [7, 11) is 0. The fourth-order valence-electron chi connectivity index (χ4n) is 5.13. The lowest BCUT2D eigenvalue weighted by molar-refractivity contribution is -0.120. The van der Waals surface area contributed by atoms with E-state index in [1.807, 2.05) is 0 Å². The molecule has 0 radical (unpaired) electrons. The van der Waals surface area contributed by atoms with Gasteiger partial charge < -0.3 is 14.6 Å². The van der Waals surface area contributed by atoms with Crippen LogP contribution in [0.1, 0.15) is 42.5 Å². The van der Waals surface area contributed by atoms with E-state index in [2.05, 4.69) is 5.32 Å². The Morgan fingerprint density at radius 1 is 1.03 bits per heavy atom. The number of nitrogens with zero attached hydrogens (tertiary/aromatic N) is 1. The van der Waals surface area contributed by atoms with E-state index in [4.69, 9.17) is 16.0 Å². The molecule has 0 spiro atoms. The molecule has 3 aromatic rings. The third kappa shape index (κ3) is 3.91. The van der Waals surface area contributed by atoms with Gasteiger partial charge in [-0.25, -0.2) is 4.79 Å². The second kappa shape index (κ2) is 8.43. The van der Waals surface area contributed by atoms with Crippen molar-refractivity contribution in [2.24, 2.45) is 5.92 Å². The van der Waals surface area contributed by atoms with Crippen molar-refractivity contribution in [3.05, 3.63) is 75.6 Å². The topological polar surface area (TPSA) is 79.6 Å². The zero-order chi connectivity index (χ0) is 22.2. The molecule has 0 bridgehead atoms. The van der Waals surface area contributed by atoms with Gasteiger partial charge in [0.05, 0.1) is 0 Å². The summed E-state index contributed by atoms with van der Waals surface area (Å²) >= 11 is 6.12. The highest BCUT2D eigenvalue weighted by Crippen LogP contribution is 2.41. The van der Waals surface area contributed by atoms with E-state index in [0.29, 0.717) is 39.6 Å². The first kappa shape index (κ1) is 20.8. The number of carbonyl (C=O) groups excluding carboxylic acids is 2. The third-order valence-corrected chi connectivity index (χ3v) is 6.82. The highest BCUT2D eigenvalue weighted by Gasteiger charge is 2.47. The van der Waals surface area contributed by atoms with E-state index in [1.165, 1.54) is 6.07 Å². The summed E-state index contributed by atoms with van der Waals surface area (Å²) in [5, 5.41) is 4.19. The summed E-state index contributed by atoms with van der Waals surface area (Å²) in [6.45, 7) is 0. The minimum atomic E-state index is -0.543. The monoisotopic (exact) mass is 450 g/mol. The van der Waals surface area contributed by atoms with Gasteiger partial charge >= 0.3 is 5.63 Å². The van der Waals surface area contributed by atoms with Crippen molar-refractivity contribution < 1.29 is 14.0 Å². The first-order chi connectivity index (χ1) is 15.5. The average molecular weight is 451 g/mol. The smallest absolute Gasteiger partial charge is 0.336 e. The zero-order valence-corrected chi connectivity index (χ0v) is 18.2. The number of likely N-dealkylation sites (tertiary alicyclic amines) is 1. The molecule has 1 saturated carbocycles. The standard InChI is InChI=1S/C25H23ClN2O4/c26-18-6-3-5-17(12-18)25(31)28-20-7-2-1-4-15(20)14-21(28)24(30)27-19-9-10-22-16(13-19)8-11-23(29)32-22/h3,5-6,8-13,15,20-21H,1-2,4,7,14H2,(H,27,30). The highest BCUT2D eigenvalue weighted by molar-refractivity contribution is 6.31. The first-order valence-corrected chi connectivity index (χ1v) is 11.3. The van der Waals surface area contributed by atoms with Crippen LogP contribution >= 0.6 is 11.6 Å². The number of anilines is 1. The van der Waals surface area contributed by atoms with Crippen LogP contribution in [0.25, 0.3) is 11.0 Å². The normalized spacial score (nSPS) is 22.5. The molecule has 1 aromatic heterocycles. The van der Waals surface area contributed by atoms with E-state index in [-0.39, 0.29) is 17.9 Å². The minimum Gasteiger partial charge on any atom is -0.423 e. The van der Waals surface area contributed by atoms with E-state index in [9.17, 15) is 14.4 Å². The molecule has 2 fully saturated rings. The molecule has 1 N–H and O–H groups in total. The predicted molar refractivity (Wildman–Crippen MR) is 123 cm³/mol. The van der Waals surface area contributed by atoms with Crippen molar-refractivity contribution in [3.63, 3.8) is 0 Å². The van der Waals surface area contributed by atoms with Gasteiger partial charge in [-0.2, -0.15) is 0 Å². The molecule has 2 aliphatic rings. The lowest BCUT2D eigenvalue weighted by Gasteiger charge is -2.33. The third-order valence-electron chi connectivity index (χ3n) is 6.58. The molecule has 5 rings (SSSR count). The van der Waals surface area contributed by atoms with Crippen molar-refractivity contribution in [2.45, 2.75) is 44.2 Å². The van der Waals surface area contributed by atoms with Gasteiger partial charge in [-0.15, -0.1) is 0 Å². The van der Waals surface area contributed by atoms with Crippen molar-refractivity contribution >= 4 is 40.1 Å². The Morgan fingerprint density at radius 3 is 2.72 bits per heavy atom. The largest absolute Gasteiger partial charge is 0.423 e. The fraction of sp³-hybridized carbons (Fsp3) is 0.320. The lowest BCUT2D eigenvalue weighted by atomic mass is 9.84. The molecular weight excluding hydrogens is 428 g/mol. The number of hydrogen-bond acceptors (Lipinski definition) is 4. The van der Waals surface area contributed by atoms with Crippen LogP contribution in [-0.4, -0.2) is 28.8 Å². The molecule has 6 nitrogen and oxygen atoms in total. The summed E-state index contributed by atoms with van der Waals surface area (Å²) < 4.78 is 5.16. The van der Waals surface area contributed by atoms with Crippen LogP contribution in [0.4, 0.5) is 5.69 Å². The SMILES string of the molecule is O=C(Nc1ccc2oc(=O)ccc2c1)C1CC2CCCCC2N1C(=O)c1cccc(Cl)c1. The number of fused-ring (bicyclic) bond motifs is 2. The van der Waals surface area contributed by atoms with Crippen molar-refractivity contribution in [1.82, 2.24) is 4.90 Å². The molecule has 7 heteroatoms. The van der Waals surface area contributed by atoms with Gasteiger partial charge in [-0.1, -0.05) is 30.5 Å². The summed E-state index contributed by atoms with van der Waals surface area (Å²) in [4.78, 5) is 40.0. The molecule has 2 aromatic carbocycles. The van der Waals surface area contributed by atoms with Crippen LogP contribution < -0.4 is 10.9 Å². The Labute approximate surface area is 190 Å². The average Bonchev–Trinajstić information content (AvgIpc) is 3.18. The van der Waals surface area contributed by atoms with Crippen LogP contribution in [0.15, 0.2) is 63.8 Å². The molecule has 1 aliphatic carbocycles. The molecule has 3 atom stereocenters. The Morgan fingerprint density at radius 2 is 1.88 bits per heavy atom. The second-order valence-electron chi connectivity index (χ2n) is 8.58. The molecular formula is C25H23ClN2O4. The number of nitrogens with one attached hydrogen (secondary N) is 1. The van der Waals surface area contributed by atoms with Gasteiger partial charge in [0.25, 0.3) is 5.91 Å². The number of halogens is 1. The molecule has 32 heavy (non-hydrogen) atoms. The van der Waals surface area contributed by atoms with Gasteiger partial charge in [0.2, 0.25) is 5.91 Å².